The average Bonchev–Trinajstić information content (AvgIpc) is 2.60. The number of hydrogen-bond donors (Lipinski definition) is 1. The van der Waals surface area contributed by atoms with Crippen LogP contribution in [-0.2, 0) is 6.42 Å². The molecule has 5 heteroatoms. The highest BCUT2D eigenvalue weighted by atomic mass is 15.4. The second-order valence-electron chi connectivity index (χ2n) is 4.31. The minimum atomic E-state index is 0.579. The largest absolute Gasteiger partial charge is 0.330 e. The van der Waals surface area contributed by atoms with Gasteiger partial charge in [-0.1, -0.05) is 6.42 Å². The number of nitrogens with zero attached hydrogens (tertiary/aromatic N) is 4. The summed E-state index contributed by atoms with van der Waals surface area (Å²) in [7, 11) is 0. The molecule has 3 rings (SSSR count). The van der Waals surface area contributed by atoms with Gasteiger partial charge in [0.05, 0.1) is 5.69 Å². The highest BCUT2D eigenvalue weighted by Gasteiger charge is 2.21. The molecular weight excluding hydrogens is 202 g/mol. The maximum atomic E-state index is 5.54. The van der Waals surface area contributed by atoms with E-state index in [1.54, 1.807) is 0 Å². The molecule has 2 heterocycles. The van der Waals surface area contributed by atoms with Gasteiger partial charge in [0.2, 0.25) is 0 Å². The molecule has 0 atom stereocenters. The van der Waals surface area contributed by atoms with E-state index < -0.39 is 0 Å². The molecule has 1 saturated carbocycles. The van der Waals surface area contributed by atoms with E-state index in [9.17, 15) is 0 Å². The quantitative estimate of drug-likeness (QED) is 0.829. The molecule has 0 bridgehead atoms. The van der Waals surface area contributed by atoms with Crippen LogP contribution in [0, 0.1) is 0 Å². The monoisotopic (exact) mass is 217 g/mol. The average molecular weight is 217 g/mol. The third kappa shape index (κ3) is 1.48. The first-order valence-corrected chi connectivity index (χ1v) is 5.80. The standard InChI is InChI=1S/C11H15N5/c12-7-6-11-14-13-10-5-4-9(15-16(10)11)8-2-1-3-8/h4-5,8H,1-3,6-7,12H2. The van der Waals surface area contributed by atoms with Crippen LogP contribution in [-0.4, -0.2) is 26.4 Å². The normalized spacial score (nSPS) is 16.6. The SMILES string of the molecule is NCCc1nnc2ccc(C3CCC3)nn12. The fourth-order valence-electron chi connectivity index (χ4n) is 2.05. The molecule has 0 saturated heterocycles. The molecule has 2 aromatic heterocycles. The third-order valence-corrected chi connectivity index (χ3v) is 3.24. The van der Waals surface area contributed by atoms with Gasteiger partial charge in [-0.15, -0.1) is 10.2 Å². The van der Waals surface area contributed by atoms with E-state index in [2.05, 4.69) is 21.4 Å². The maximum Gasteiger partial charge on any atom is 0.177 e. The molecule has 0 unspecified atom stereocenters. The van der Waals surface area contributed by atoms with Crippen molar-refractivity contribution in [1.82, 2.24) is 19.8 Å². The minimum Gasteiger partial charge on any atom is -0.330 e. The Balaban J connectivity index is 2.03. The zero-order chi connectivity index (χ0) is 11.0. The molecular formula is C11H15N5. The second-order valence-corrected chi connectivity index (χ2v) is 4.31. The first-order valence-electron chi connectivity index (χ1n) is 5.80. The fraction of sp³-hybridized carbons (Fsp3) is 0.545. The maximum absolute atomic E-state index is 5.54. The predicted molar refractivity (Wildman–Crippen MR) is 60.1 cm³/mol. The molecule has 84 valence electrons. The smallest absolute Gasteiger partial charge is 0.177 e. The lowest BCUT2D eigenvalue weighted by atomic mass is 9.83. The Kier molecular flexibility index (Phi) is 2.32. The molecule has 1 aliphatic carbocycles. The van der Waals surface area contributed by atoms with Crippen molar-refractivity contribution in [2.24, 2.45) is 5.73 Å². The molecule has 0 radical (unpaired) electrons. The van der Waals surface area contributed by atoms with Crippen molar-refractivity contribution in [2.75, 3.05) is 6.54 Å². The Morgan fingerprint density at radius 1 is 1.31 bits per heavy atom. The Morgan fingerprint density at radius 2 is 2.19 bits per heavy atom. The van der Waals surface area contributed by atoms with Gasteiger partial charge in [-0.05, 0) is 31.5 Å². The van der Waals surface area contributed by atoms with E-state index in [1.807, 2.05) is 10.6 Å². The molecule has 1 aliphatic rings. The van der Waals surface area contributed by atoms with Gasteiger partial charge in [0, 0.05) is 12.3 Å². The van der Waals surface area contributed by atoms with Crippen molar-refractivity contribution < 1.29 is 0 Å². The zero-order valence-corrected chi connectivity index (χ0v) is 9.13. The Morgan fingerprint density at radius 3 is 2.88 bits per heavy atom. The molecule has 5 nitrogen and oxygen atoms in total. The second kappa shape index (κ2) is 3.83. The summed E-state index contributed by atoms with van der Waals surface area (Å²) in [5.41, 5.74) is 7.51. The molecule has 0 spiro atoms. The van der Waals surface area contributed by atoms with Crippen LogP contribution in [0.5, 0.6) is 0 Å². The summed E-state index contributed by atoms with van der Waals surface area (Å²) in [6.45, 7) is 0.579. The van der Waals surface area contributed by atoms with Gasteiger partial charge < -0.3 is 5.73 Å². The summed E-state index contributed by atoms with van der Waals surface area (Å²) in [5.74, 6) is 1.50. The lowest BCUT2D eigenvalue weighted by Crippen LogP contribution is -2.14. The molecule has 0 aliphatic heterocycles. The van der Waals surface area contributed by atoms with Crippen LogP contribution in [0.15, 0.2) is 12.1 Å². The van der Waals surface area contributed by atoms with Gasteiger partial charge in [0.25, 0.3) is 0 Å². The first kappa shape index (κ1) is 9.72. The summed E-state index contributed by atoms with van der Waals surface area (Å²) in [6.07, 6.45) is 4.56. The van der Waals surface area contributed by atoms with Gasteiger partial charge in [0.1, 0.15) is 0 Å². The number of aromatic nitrogens is 4. The zero-order valence-electron chi connectivity index (χ0n) is 9.13. The van der Waals surface area contributed by atoms with E-state index in [-0.39, 0.29) is 0 Å². The molecule has 0 amide bonds. The number of fused-ring (bicyclic) bond motifs is 1. The van der Waals surface area contributed by atoms with Crippen molar-refractivity contribution in [3.63, 3.8) is 0 Å². The lowest BCUT2D eigenvalue weighted by molar-refractivity contribution is 0.406. The molecule has 0 aromatic carbocycles. The molecule has 2 aromatic rings. The van der Waals surface area contributed by atoms with E-state index in [0.29, 0.717) is 12.5 Å². The minimum absolute atomic E-state index is 0.579. The van der Waals surface area contributed by atoms with Gasteiger partial charge in [0.15, 0.2) is 11.5 Å². The summed E-state index contributed by atoms with van der Waals surface area (Å²) in [5, 5.41) is 12.8. The molecule has 2 N–H and O–H groups in total. The van der Waals surface area contributed by atoms with E-state index >= 15 is 0 Å². The van der Waals surface area contributed by atoms with E-state index in [4.69, 9.17) is 5.73 Å². The van der Waals surface area contributed by atoms with Crippen molar-refractivity contribution in [2.45, 2.75) is 31.6 Å². The summed E-state index contributed by atoms with van der Waals surface area (Å²) in [4.78, 5) is 0. The van der Waals surface area contributed by atoms with Crippen molar-refractivity contribution in [3.05, 3.63) is 23.7 Å². The third-order valence-electron chi connectivity index (χ3n) is 3.24. The number of nitrogens with two attached hydrogens (primary N) is 1. The lowest BCUT2D eigenvalue weighted by Gasteiger charge is -2.24. The topological polar surface area (TPSA) is 69.1 Å². The van der Waals surface area contributed by atoms with Crippen LogP contribution in [0.25, 0.3) is 5.65 Å². The molecule has 16 heavy (non-hydrogen) atoms. The van der Waals surface area contributed by atoms with Crippen LogP contribution in [0.4, 0.5) is 0 Å². The van der Waals surface area contributed by atoms with Crippen LogP contribution >= 0.6 is 0 Å². The Hall–Kier alpha value is -1.49. The van der Waals surface area contributed by atoms with Gasteiger partial charge >= 0.3 is 0 Å². The van der Waals surface area contributed by atoms with Gasteiger partial charge in [-0.3, -0.25) is 0 Å². The van der Waals surface area contributed by atoms with E-state index in [0.717, 1.165) is 23.6 Å². The summed E-state index contributed by atoms with van der Waals surface area (Å²) >= 11 is 0. The van der Waals surface area contributed by atoms with Crippen LogP contribution in [0.3, 0.4) is 0 Å². The fourth-order valence-corrected chi connectivity index (χ4v) is 2.05. The van der Waals surface area contributed by atoms with Gasteiger partial charge in [-0.25, -0.2) is 0 Å². The number of hydrogen-bond acceptors (Lipinski definition) is 4. The number of rotatable bonds is 3. The molecule has 1 fully saturated rings. The van der Waals surface area contributed by atoms with Crippen molar-refractivity contribution in [3.8, 4) is 0 Å². The van der Waals surface area contributed by atoms with E-state index in [1.165, 1.54) is 19.3 Å². The van der Waals surface area contributed by atoms with Crippen molar-refractivity contribution >= 4 is 5.65 Å². The van der Waals surface area contributed by atoms with Crippen LogP contribution in [0.2, 0.25) is 0 Å². The highest BCUT2D eigenvalue weighted by Crippen LogP contribution is 2.34. The Labute approximate surface area is 93.7 Å². The Bertz CT molecular complexity index is 500. The van der Waals surface area contributed by atoms with Gasteiger partial charge in [-0.2, -0.15) is 9.61 Å². The van der Waals surface area contributed by atoms with Crippen molar-refractivity contribution in [1.29, 1.82) is 0 Å². The summed E-state index contributed by atoms with van der Waals surface area (Å²) in [6, 6.07) is 4.06. The summed E-state index contributed by atoms with van der Waals surface area (Å²) < 4.78 is 1.83. The first-order chi connectivity index (χ1) is 7.88. The highest BCUT2D eigenvalue weighted by molar-refractivity contribution is 5.37. The van der Waals surface area contributed by atoms with Crippen LogP contribution in [0.1, 0.15) is 36.7 Å². The van der Waals surface area contributed by atoms with Crippen LogP contribution < -0.4 is 5.73 Å². The predicted octanol–water partition coefficient (Wildman–Crippen LogP) is 0.893.